The van der Waals surface area contributed by atoms with E-state index >= 15 is 0 Å². The molecular formula is C14H21NO4S. The molecule has 0 radical (unpaired) electrons. The van der Waals surface area contributed by atoms with E-state index in [1.165, 1.54) is 0 Å². The summed E-state index contributed by atoms with van der Waals surface area (Å²) in [6.45, 7) is 1.80. The summed E-state index contributed by atoms with van der Waals surface area (Å²) in [5, 5.41) is 3.22. The standard InChI is InChI=1S/C14H21NO4S/c1-18-14-4-2-12(3-5-14)10-19-8-7-15-13-6-9-20(16,17)11-13/h2-5,13,15H,6-11H2,1H3. The Hall–Kier alpha value is -1.11. The van der Waals surface area contributed by atoms with Crippen molar-refractivity contribution in [2.24, 2.45) is 0 Å². The fourth-order valence-corrected chi connectivity index (χ4v) is 3.91. The number of hydrogen-bond acceptors (Lipinski definition) is 5. The highest BCUT2D eigenvalue weighted by atomic mass is 32.2. The van der Waals surface area contributed by atoms with Crippen LogP contribution in [0.5, 0.6) is 5.75 Å². The van der Waals surface area contributed by atoms with Gasteiger partial charge in [-0.3, -0.25) is 0 Å². The van der Waals surface area contributed by atoms with E-state index in [1.807, 2.05) is 24.3 Å². The minimum atomic E-state index is -2.80. The van der Waals surface area contributed by atoms with Gasteiger partial charge in [-0.1, -0.05) is 12.1 Å². The average Bonchev–Trinajstić information content (AvgIpc) is 2.78. The molecule has 1 aromatic rings. The number of sulfone groups is 1. The van der Waals surface area contributed by atoms with Crippen LogP contribution in [0.2, 0.25) is 0 Å². The molecule has 5 nitrogen and oxygen atoms in total. The molecule has 1 heterocycles. The summed E-state index contributed by atoms with van der Waals surface area (Å²) < 4.78 is 33.2. The van der Waals surface area contributed by atoms with E-state index in [9.17, 15) is 8.42 Å². The summed E-state index contributed by atoms with van der Waals surface area (Å²) in [6, 6.07) is 7.83. The maximum atomic E-state index is 11.3. The Bertz CT molecular complexity index is 512. The molecule has 6 heteroatoms. The third-order valence-electron chi connectivity index (χ3n) is 3.34. The molecule has 0 aliphatic carbocycles. The molecule has 1 atom stereocenters. The van der Waals surface area contributed by atoms with Crippen LogP contribution in [-0.4, -0.2) is 46.2 Å². The summed E-state index contributed by atoms with van der Waals surface area (Å²) in [6.07, 6.45) is 0.709. The number of ether oxygens (including phenoxy) is 2. The Morgan fingerprint density at radius 2 is 2.05 bits per heavy atom. The van der Waals surface area contributed by atoms with Crippen molar-refractivity contribution in [3.8, 4) is 5.75 Å². The topological polar surface area (TPSA) is 64.6 Å². The number of methoxy groups -OCH3 is 1. The highest BCUT2D eigenvalue weighted by molar-refractivity contribution is 7.91. The van der Waals surface area contributed by atoms with Gasteiger partial charge >= 0.3 is 0 Å². The van der Waals surface area contributed by atoms with Gasteiger partial charge in [0.05, 0.1) is 31.8 Å². The molecule has 0 amide bonds. The second-order valence-electron chi connectivity index (χ2n) is 4.95. The Morgan fingerprint density at radius 1 is 1.30 bits per heavy atom. The number of rotatable bonds is 7. The first-order chi connectivity index (χ1) is 9.59. The van der Waals surface area contributed by atoms with Crippen molar-refractivity contribution in [2.75, 3.05) is 31.8 Å². The molecule has 112 valence electrons. The largest absolute Gasteiger partial charge is 0.497 e. The van der Waals surface area contributed by atoms with Gasteiger partial charge in [0.1, 0.15) is 5.75 Å². The molecule has 1 aromatic carbocycles. The van der Waals surface area contributed by atoms with Gasteiger partial charge < -0.3 is 14.8 Å². The maximum absolute atomic E-state index is 11.3. The predicted molar refractivity (Wildman–Crippen MR) is 77.7 cm³/mol. The van der Waals surface area contributed by atoms with Gasteiger partial charge in [0.2, 0.25) is 0 Å². The minimum Gasteiger partial charge on any atom is -0.497 e. The molecule has 0 saturated carbocycles. The van der Waals surface area contributed by atoms with Gasteiger partial charge in [-0.05, 0) is 24.1 Å². The van der Waals surface area contributed by atoms with E-state index in [0.29, 0.717) is 31.9 Å². The number of nitrogens with one attached hydrogen (secondary N) is 1. The smallest absolute Gasteiger partial charge is 0.151 e. The Morgan fingerprint density at radius 3 is 2.65 bits per heavy atom. The molecule has 1 unspecified atom stereocenters. The zero-order valence-electron chi connectivity index (χ0n) is 11.7. The van der Waals surface area contributed by atoms with Crippen LogP contribution in [0.1, 0.15) is 12.0 Å². The lowest BCUT2D eigenvalue weighted by atomic mass is 10.2. The summed E-state index contributed by atoms with van der Waals surface area (Å²) >= 11 is 0. The van der Waals surface area contributed by atoms with Crippen LogP contribution in [0.4, 0.5) is 0 Å². The van der Waals surface area contributed by atoms with E-state index in [4.69, 9.17) is 9.47 Å². The normalized spacial score (nSPS) is 20.9. The molecule has 2 rings (SSSR count). The van der Waals surface area contributed by atoms with Crippen molar-refractivity contribution < 1.29 is 17.9 Å². The zero-order chi connectivity index (χ0) is 14.4. The van der Waals surface area contributed by atoms with E-state index in [-0.39, 0.29) is 11.8 Å². The average molecular weight is 299 g/mol. The molecule has 0 bridgehead atoms. The third-order valence-corrected chi connectivity index (χ3v) is 5.11. The van der Waals surface area contributed by atoms with Gasteiger partial charge in [-0.2, -0.15) is 0 Å². The first-order valence-corrected chi connectivity index (χ1v) is 8.56. The first kappa shape index (κ1) is 15.3. The molecule has 1 fully saturated rings. The van der Waals surface area contributed by atoms with Crippen molar-refractivity contribution >= 4 is 9.84 Å². The Kier molecular flexibility index (Phi) is 5.39. The SMILES string of the molecule is COc1ccc(COCCNC2CCS(=O)(=O)C2)cc1. The highest BCUT2D eigenvalue weighted by Crippen LogP contribution is 2.12. The minimum absolute atomic E-state index is 0.0876. The van der Waals surface area contributed by atoms with Crippen LogP contribution in [-0.2, 0) is 21.2 Å². The van der Waals surface area contributed by atoms with E-state index in [2.05, 4.69) is 5.32 Å². The van der Waals surface area contributed by atoms with Crippen molar-refractivity contribution in [1.29, 1.82) is 0 Å². The summed E-state index contributed by atoms with van der Waals surface area (Å²) in [5.41, 5.74) is 1.09. The van der Waals surface area contributed by atoms with Crippen LogP contribution < -0.4 is 10.1 Å². The van der Waals surface area contributed by atoms with Gasteiger partial charge in [0, 0.05) is 12.6 Å². The Balaban J connectivity index is 1.59. The van der Waals surface area contributed by atoms with Crippen molar-refractivity contribution in [3.05, 3.63) is 29.8 Å². The molecule has 0 aromatic heterocycles. The lowest BCUT2D eigenvalue weighted by Crippen LogP contribution is -2.32. The zero-order valence-corrected chi connectivity index (χ0v) is 12.5. The van der Waals surface area contributed by atoms with E-state index < -0.39 is 9.84 Å². The number of benzene rings is 1. The quantitative estimate of drug-likeness (QED) is 0.761. The van der Waals surface area contributed by atoms with Crippen molar-refractivity contribution in [1.82, 2.24) is 5.32 Å². The number of hydrogen-bond donors (Lipinski definition) is 1. The van der Waals surface area contributed by atoms with Gasteiger partial charge in [0.25, 0.3) is 0 Å². The molecular weight excluding hydrogens is 278 g/mol. The molecule has 0 spiro atoms. The van der Waals surface area contributed by atoms with Gasteiger partial charge in [-0.15, -0.1) is 0 Å². The highest BCUT2D eigenvalue weighted by Gasteiger charge is 2.26. The third kappa shape index (κ3) is 4.77. The molecule has 1 aliphatic heterocycles. The summed E-state index contributed by atoms with van der Waals surface area (Å²) in [4.78, 5) is 0. The summed E-state index contributed by atoms with van der Waals surface area (Å²) in [7, 11) is -1.16. The Labute approximate surface area is 120 Å². The fraction of sp³-hybridized carbons (Fsp3) is 0.571. The molecule has 1 saturated heterocycles. The van der Waals surface area contributed by atoms with Crippen LogP contribution in [0, 0.1) is 0 Å². The monoisotopic (exact) mass is 299 g/mol. The van der Waals surface area contributed by atoms with Crippen LogP contribution in [0.15, 0.2) is 24.3 Å². The second kappa shape index (κ2) is 7.06. The van der Waals surface area contributed by atoms with Crippen LogP contribution >= 0.6 is 0 Å². The van der Waals surface area contributed by atoms with Crippen molar-refractivity contribution in [3.63, 3.8) is 0 Å². The predicted octanol–water partition coefficient (Wildman–Crippen LogP) is 0.989. The van der Waals surface area contributed by atoms with E-state index in [1.54, 1.807) is 7.11 Å². The van der Waals surface area contributed by atoms with Crippen LogP contribution in [0.3, 0.4) is 0 Å². The van der Waals surface area contributed by atoms with Gasteiger partial charge in [-0.25, -0.2) is 8.42 Å². The molecule has 1 aliphatic rings. The van der Waals surface area contributed by atoms with Gasteiger partial charge in [0.15, 0.2) is 9.84 Å². The fourth-order valence-electron chi connectivity index (χ4n) is 2.20. The van der Waals surface area contributed by atoms with Crippen LogP contribution in [0.25, 0.3) is 0 Å². The lowest BCUT2D eigenvalue weighted by molar-refractivity contribution is 0.121. The lowest BCUT2D eigenvalue weighted by Gasteiger charge is -2.11. The first-order valence-electron chi connectivity index (χ1n) is 6.73. The molecule has 1 N–H and O–H groups in total. The maximum Gasteiger partial charge on any atom is 0.151 e. The van der Waals surface area contributed by atoms with Crippen molar-refractivity contribution in [2.45, 2.75) is 19.1 Å². The summed E-state index contributed by atoms with van der Waals surface area (Å²) in [5.74, 6) is 1.39. The molecule has 20 heavy (non-hydrogen) atoms. The van der Waals surface area contributed by atoms with E-state index in [0.717, 1.165) is 11.3 Å². The second-order valence-corrected chi connectivity index (χ2v) is 7.18.